The molecule has 2 atom stereocenters. The second-order valence-corrected chi connectivity index (χ2v) is 4.04. The van der Waals surface area contributed by atoms with E-state index in [1.165, 1.54) is 25.3 Å². The van der Waals surface area contributed by atoms with Gasteiger partial charge in [-0.15, -0.1) is 0 Å². The fourth-order valence-electron chi connectivity index (χ4n) is 1.88. The predicted octanol–water partition coefficient (Wildman–Crippen LogP) is 1.79. The SMILES string of the molecule is COC(=O)CC(c1ccccc1F)C(C#N)C(=O)OC. The van der Waals surface area contributed by atoms with Crippen molar-refractivity contribution in [2.75, 3.05) is 14.2 Å². The molecule has 0 fully saturated rings. The lowest BCUT2D eigenvalue weighted by atomic mass is 9.84. The van der Waals surface area contributed by atoms with Gasteiger partial charge in [0, 0.05) is 5.92 Å². The Morgan fingerprint density at radius 1 is 1.30 bits per heavy atom. The average Bonchev–Trinajstić information content (AvgIpc) is 2.47. The summed E-state index contributed by atoms with van der Waals surface area (Å²) in [5, 5.41) is 9.11. The van der Waals surface area contributed by atoms with Gasteiger partial charge in [0.05, 0.1) is 26.7 Å². The summed E-state index contributed by atoms with van der Waals surface area (Å²) >= 11 is 0. The number of nitriles is 1. The second kappa shape index (κ2) is 7.24. The van der Waals surface area contributed by atoms with E-state index in [0.717, 1.165) is 7.11 Å². The highest BCUT2D eigenvalue weighted by atomic mass is 19.1. The third-order valence-corrected chi connectivity index (χ3v) is 2.92. The van der Waals surface area contributed by atoms with Crippen molar-refractivity contribution in [3.05, 3.63) is 35.6 Å². The van der Waals surface area contributed by atoms with E-state index < -0.39 is 29.6 Å². The van der Waals surface area contributed by atoms with Gasteiger partial charge in [-0.25, -0.2) is 4.39 Å². The maximum atomic E-state index is 13.8. The molecule has 5 nitrogen and oxygen atoms in total. The Bertz CT molecular complexity index is 538. The minimum Gasteiger partial charge on any atom is -0.469 e. The van der Waals surface area contributed by atoms with E-state index in [2.05, 4.69) is 9.47 Å². The number of nitrogens with zero attached hydrogens (tertiary/aromatic N) is 1. The summed E-state index contributed by atoms with van der Waals surface area (Å²) in [6.45, 7) is 0. The molecule has 0 saturated heterocycles. The summed E-state index contributed by atoms with van der Waals surface area (Å²) in [4.78, 5) is 23.1. The molecule has 0 aliphatic heterocycles. The number of benzene rings is 1. The largest absolute Gasteiger partial charge is 0.469 e. The fraction of sp³-hybridized carbons (Fsp3) is 0.357. The van der Waals surface area contributed by atoms with Gasteiger partial charge in [0.2, 0.25) is 0 Å². The maximum Gasteiger partial charge on any atom is 0.323 e. The quantitative estimate of drug-likeness (QED) is 0.768. The molecule has 20 heavy (non-hydrogen) atoms. The van der Waals surface area contributed by atoms with E-state index in [1.807, 2.05) is 0 Å². The molecule has 0 aromatic heterocycles. The van der Waals surface area contributed by atoms with Crippen molar-refractivity contribution >= 4 is 11.9 Å². The van der Waals surface area contributed by atoms with E-state index in [0.29, 0.717) is 0 Å². The normalized spacial score (nSPS) is 12.9. The molecule has 1 rings (SSSR count). The van der Waals surface area contributed by atoms with Crippen molar-refractivity contribution in [1.82, 2.24) is 0 Å². The molecule has 0 spiro atoms. The zero-order valence-electron chi connectivity index (χ0n) is 11.1. The van der Waals surface area contributed by atoms with Gasteiger partial charge in [0.15, 0.2) is 5.92 Å². The van der Waals surface area contributed by atoms with Crippen LogP contribution in [0, 0.1) is 23.1 Å². The number of carbonyl (C=O) groups is 2. The van der Waals surface area contributed by atoms with Crippen molar-refractivity contribution in [2.45, 2.75) is 12.3 Å². The smallest absolute Gasteiger partial charge is 0.323 e. The van der Waals surface area contributed by atoms with Crippen molar-refractivity contribution < 1.29 is 23.5 Å². The molecule has 1 aromatic carbocycles. The Morgan fingerprint density at radius 2 is 1.95 bits per heavy atom. The van der Waals surface area contributed by atoms with Crippen molar-refractivity contribution in [2.24, 2.45) is 5.92 Å². The van der Waals surface area contributed by atoms with Crippen LogP contribution in [0.15, 0.2) is 24.3 Å². The summed E-state index contributed by atoms with van der Waals surface area (Å²) in [6, 6.07) is 7.43. The van der Waals surface area contributed by atoms with Crippen LogP contribution in [0.25, 0.3) is 0 Å². The number of methoxy groups -OCH3 is 2. The Balaban J connectivity index is 3.21. The summed E-state index contributed by atoms with van der Waals surface area (Å²) in [6.07, 6.45) is -0.287. The number of rotatable bonds is 5. The molecule has 0 bridgehead atoms. The van der Waals surface area contributed by atoms with Gasteiger partial charge in [-0.05, 0) is 11.6 Å². The van der Waals surface area contributed by atoms with Crippen LogP contribution in [0.2, 0.25) is 0 Å². The Morgan fingerprint density at radius 3 is 2.45 bits per heavy atom. The molecular formula is C14H14FNO4. The molecule has 6 heteroatoms. The first-order chi connectivity index (χ1) is 9.54. The van der Waals surface area contributed by atoms with Gasteiger partial charge in [-0.3, -0.25) is 9.59 Å². The third kappa shape index (κ3) is 3.54. The minimum absolute atomic E-state index is 0.106. The number of halogens is 1. The van der Waals surface area contributed by atoms with E-state index in [1.54, 1.807) is 12.1 Å². The first-order valence-electron chi connectivity index (χ1n) is 5.83. The van der Waals surface area contributed by atoms with E-state index >= 15 is 0 Å². The summed E-state index contributed by atoms with van der Waals surface area (Å²) in [7, 11) is 2.31. The topological polar surface area (TPSA) is 76.4 Å². The summed E-state index contributed by atoms with van der Waals surface area (Å²) in [5.74, 6) is -4.28. The number of hydrogen-bond acceptors (Lipinski definition) is 5. The number of carbonyl (C=O) groups excluding carboxylic acids is 2. The molecule has 0 aliphatic carbocycles. The molecule has 2 unspecified atom stereocenters. The van der Waals surface area contributed by atoms with E-state index in [-0.39, 0.29) is 12.0 Å². The zero-order valence-corrected chi connectivity index (χ0v) is 11.1. The third-order valence-electron chi connectivity index (χ3n) is 2.92. The van der Waals surface area contributed by atoms with Gasteiger partial charge in [0.1, 0.15) is 5.82 Å². The van der Waals surface area contributed by atoms with Crippen LogP contribution in [-0.2, 0) is 19.1 Å². The van der Waals surface area contributed by atoms with Gasteiger partial charge in [-0.1, -0.05) is 18.2 Å². The van der Waals surface area contributed by atoms with Crippen LogP contribution >= 0.6 is 0 Å². The van der Waals surface area contributed by atoms with E-state index in [9.17, 15) is 14.0 Å². The molecule has 0 heterocycles. The van der Waals surface area contributed by atoms with Crippen molar-refractivity contribution in [3.8, 4) is 6.07 Å². The molecule has 0 N–H and O–H groups in total. The first kappa shape index (κ1) is 15.6. The minimum atomic E-state index is -1.28. The summed E-state index contributed by atoms with van der Waals surface area (Å²) < 4.78 is 22.9. The highest BCUT2D eigenvalue weighted by Gasteiger charge is 2.34. The first-order valence-corrected chi connectivity index (χ1v) is 5.83. The predicted molar refractivity (Wildman–Crippen MR) is 66.9 cm³/mol. The van der Waals surface area contributed by atoms with Gasteiger partial charge < -0.3 is 9.47 Å². The van der Waals surface area contributed by atoms with Crippen molar-refractivity contribution in [3.63, 3.8) is 0 Å². The average molecular weight is 279 g/mol. The molecular weight excluding hydrogens is 265 g/mol. The van der Waals surface area contributed by atoms with Crippen LogP contribution in [0.3, 0.4) is 0 Å². The lowest BCUT2D eigenvalue weighted by Crippen LogP contribution is -2.25. The molecule has 0 saturated carbocycles. The lowest BCUT2D eigenvalue weighted by Gasteiger charge is -2.20. The Kier molecular flexibility index (Phi) is 5.66. The molecule has 0 amide bonds. The second-order valence-electron chi connectivity index (χ2n) is 4.04. The van der Waals surface area contributed by atoms with E-state index in [4.69, 9.17) is 5.26 Å². The lowest BCUT2D eigenvalue weighted by molar-refractivity contribution is -0.145. The van der Waals surface area contributed by atoms with Crippen LogP contribution in [0.4, 0.5) is 4.39 Å². The number of hydrogen-bond donors (Lipinski definition) is 0. The van der Waals surface area contributed by atoms with Crippen LogP contribution in [0.5, 0.6) is 0 Å². The fourth-order valence-corrected chi connectivity index (χ4v) is 1.88. The summed E-state index contributed by atoms with van der Waals surface area (Å²) in [5.41, 5.74) is 0.106. The van der Waals surface area contributed by atoms with Crippen LogP contribution in [0.1, 0.15) is 17.9 Å². The van der Waals surface area contributed by atoms with Gasteiger partial charge in [0.25, 0.3) is 0 Å². The molecule has 106 valence electrons. The van der Waals surface area contributed by atoms with Crippen LogP contribution < -0.4 is 0 Å². The Labute approximate surface area is 115 Å². The molecule has 0 aliphatic rings. The van der Waals surface area contributed by atoms with Gasteiger partial charge in [-0.2, -0.15) is 5.26 Å². The maximum absolute atomic E-state index is 13.8. The number of esters is 2. The van der Waals surface area contributed by atoms with Gasteiger partial charge >= 0.3 is 11.9 Å². The number of ether oxygens (including phenoxy) is 2. The molecule has 1 aromatic rings. The van der Waals surface area contributed by atoms with Crippen LogP contribution in [-0.4, -0.2) is 26.2 Å². The monoisotopic (exact) mass is 279 g/mol. The Hall–Kier alpha value is -2.42. The zero-order chi connectivity index (χ0) is 15.1. The molecule has 0 radical (unpaired) electrons. The highest BCUT2D eigenvalue weighted by molar-refractivity contribution is 5.79. The van der Waals surface area contributed by atoms with Crippen molar-refractivity contribution in [1.29, 1.82) is 5.26 Å². The standard InChI is InChI=1S/C14H14FNO4/c1-19-13(17)7-10(11(8-16)14(18)20-2)9-5-3-4-6-12(9)15/h3-6,10-11H,7H2,1-2H3. The highest BCUT2D eigenvalue weighted by Crippen LogP contribution is 2.31.